The molecule has 0 radical (unpaired) electrons. The van der Waals surface area contributed by atoms with Crippen molar-refractivity contribution < 1.29 is 14.3 Å². The summed E-state index contributed by atoms with van der Waals surface area (Å²) in [5.74, 6) is -0.879. The van der Waals surface area contributed by atoms with E-state index in [-0.39, 0.29) is 22.2 Å². The zero-order valence-corrected chi connectivity index (χ0v) is 15.0. The molecule has 0 aliphatic carbocycles. The lowest BCUT2D eigenvalue weighted by atomic mass is 10.1. The first kappa shape index (κ1) is 19.2. The number of nitrogens with two attached hydrogens (primary N) is 1. The Bertz CT molecular complexity index is 746. The van der Waals surface area contributed by atoms with E-state index in [4.69, 9.17) is 33.7 Å². The van der Waals surface area contributed by atoms with Gasteiger partial charge < -0.3 is 15.8 Å². The Morgan fingerprint density at radius 2 is 1.80 bits per heavy atom. The summed E-state index contributed by atoms with van der Waals surface area (Å²) in [6, 6.07) is 6.21. The van der Waals surface area contributed by atoms with E-state index < -0.39 is 17.9 Å². The summed E-state index contributed by atoms with van der Waals surface area (Å²) in [5, 5.41) is 3.04. The Balaban J connectivity index is 2.03. The van der Waals surface area contributed by atoms with E-state index in [9.17, 15) is 9.59 Å². The molecule has 1 heterocycles. The van der Waals surface area contributed by atoms with Crippen LogP contribution in [0.2, 0.25) is 10.0 Å². The van der Waals surface area contributed by atoms with Gasteiger partial charge in [0.25, 0.3) is 5.91 Å². The van der Waals surface area contributed by atoms with Gasteiger partial charge in [-0.15, -0.1) is 0 Å². The standard InChI is InChI=1S/C17H17Cl2N3O3/c1-2-25-17(24)14(20)7-10-3-5-11(6-4-10)22-16(23)15-12(18)8-21-9-13(15)19/h3-6,8-9,14H,2,7,20H2,1H3,(H,22,23)/t14-/m1/s1. The highest BCUT2D eigenvalue weighted by Gasteiger charge is 2.17. The van der Waals surface area contributed by atoms with Crippen LogP contribution in [0.1, 0.15) is 22.8 Å². The van der Waals surface area contributed by atoms with E-state index in [1.807, 2.05) is 0 Å². The van der Waals surface area contributed by atoms with Crippen molar-refractivity contribution in [2.24, 2.45) is 5.73 Å². The highest BCUT2D eigenvalue weighted by molar-refractivity contribution is 6.40. The molecule has 0 saturated heterocycles. The predicted molar refractivity (Wildman–Crippen MR) is 97.0 cm³/mol. The second-order valence-corrected chi connectivity index (χ2v) is 6.01. The molecule has 2 rings (SSSR count). The third kappa shape index (κ3) is 5.16. The minimum absolute atomic E-state index is 0.159. The number of carbonyl (C=O) groups excluding carboxylic acids is 2. The molecular formula is C17H17Cl2N3O3. The number of halogens is 2. The maximum atomic E-state index is 12.3. The molecule has 25 heavy (non-hydrogen) atoms. The Hall–Kier alpha value is -2.15. The highest BCUT2D eigenvalue weighted by atomic mass is 35.5. The summed E-state index contributed by atoms with van der Waals surface area (Å²) in [7, 11) is 0. The van der Waals surface area contributed by atoms with Crippen LogP contribution in [0.3, 0.4) is 0 Å². The number of rotatable bonds is 6. The number of hydrogen-bond acceptors (Lipinski definition) is 5. The van der Waals surface area contributed by atoms with E-state index in [0.717, 1.165) is 5.56 Å². The summed E-state index contributed by atoms with van der Waals surface area (Å²) in [6.07, 6.45) is 3.04. The van der Waals surface area contributed by atoms with Crippen LogP contribution in [0.25, 0.3) is 0 Å². The lowest BCUT2D eigenvalue weighted by Gasteiger charge is -2.11. The molecular weight excluding hydrogens is 365 g/mol. The van der Waals surface area contributed by atoms with Gasteiger partial charge in [-0.05, 0) is 31.0 Å². The summed E-state index contributed by atoms with van der Waals surface area (Å²) in [5.41, 5.74) is 7.35. The molecule has 1 aromatic heterocycles. The fourth-order valence-electron chi connectivity index (χ4n) is 2.13. The zero-order chi connectivity index (χ0) is 18.4. The van der Waals surface area contributed by atoms with Crippen molar-refractivity contribution >= 4 is 40.8 Å². The minimum Gasteiger partial charge on any atom is -0.465 e. The first-order chi connectivity index (χ1) is 11.9. The van der Waals surface area contributed by atoms with Crippen LogP contribution in [-0.2, 0) is 16.0 Å². The molecule has 3 N–H and O–H groups in total. The number of nitrogens with zero attached hydrogens (tertiary/aromatic N) is 1. The monoisotopic (exact) mass is 381 g/mol. The highest BCUT2D eigenvalue weighted by Crippen LogP contribution is 2.24. The molecule has 0 fully saturated rings. The van der Waals surface area contributed by atoms with Gasteiger partial charge in [0.05, 0.1) is 22.2 Å². The first-order valence-electron chi connectivity index (χ1n) is 7.54. The normalized spacial score (nSPS) is 11.7. The predicted octanol–water partition coefficient (Wildman–Crippen LogP) is 3.07. The van der Waals surface area contributed by atoms with Gasteiger partial charge in [-0.2, -0.15) is 0 Å². The molecule has 0 aliphatic heterocycles. The number of amides is 1. The van der Waals surface area contributed by atoms with Crippen LogP contribution >= 0.6 is 23.2 Å². The number of aromatic nitrogens is 1. The maximum Gasteiger partial charge on any atom is 0.323 e. The molecule has 1 amide bonds. The Morgan fingerprint density at radius 1 is 1.20 bits per heavy atom. The van der Waals surface area contributed by atoms with E-state index in [0.29, 0.717) is 12.1 Å². The van der Waals surface area contributed by atoms with Gasteiger partial charge in [0.2, 0.25) is 0 Å². The summed E-state index contributed by atoms with van der Waals surface area (Å²) in [4.78, 5) is 27.6. The number of benzene rings is 1. The average molecular weight is 382 g/mol. The summed E-state index contributed by atoms with van der Waals surface area (Å²) < 4.78 is 4.87. The number of anilines is 1. The molecule has 6 nitrogen and oxygen atoms in total. The van der Waals surface area contributed by atoms with Crippen LogP contribution in [0.4, 0.5) is 5.69 Å². The summed E-state index contributed by atoms with van der Waals surface area (Å²) >= 11 is 11.9. The third-order valence-electron chi connectivity index (χ3n) is 3.34. The minimum atomic E-state index is -0.727. The molecule has 0 spiro atoms. The van der Waals surface area contributed by atoms with Gasteiger partial charge in [-0.1, -0.05) is 35.3 Å². The van der Waals surface area contributed by atoms with E-state index in [1.54, 1.807) is 31.2 Å². The smallest absolute Gasteiger partial charge is 0.323 e. The molecule has 0 unspecified atom stereocenters. The number of ether oxygens (including phenoxy) is 1. The lowest BCUT2D eigenvalue weighted by molar-refractivity contribution is -0.144. The second kappa shape index (κ2) is 8.80. The molecule has 8 heteroatoms. The molecule has 1 atom stereocenters. The van der Waals surface area contributed by atoms with E-state index >= 15 is 0 Å². The van der Waals surface area contributed by atoms with Crippen molar-refractivity contribution in [1.29, 1.82) is 0 Å². The van der Waals surface area contributed by atoms with Crippen LogP contribution in [0, 0.1) is 0 Å². The average Bonchev–Trinajstić information content (AvgIpc) is 2.56. The molecule has 0 bridgehead atoms. The topological polar surface area (TPSA) is 94.3 Å². The fraction of sp³-hybridized carbons (Fsp3) is 0.235. The SMILES string of the molecule is CCOC(=O)[C@H](N)Cc1ccc(NC(=O)c2c(Cl)cncc2Cl)cc1. The van der Waals surface area contributed by atoms with E-state index in [2.05, 4.69) is 10.3 Å². The fourth-order valence-corrected chi connectivity index (χ4v) is 2.67. The van der Waals surface area contributed by atoms with Gasteiger partial charge >= 0.3 is 5.97 Å². The molecule has 0 saturated carbocycles. The lowest BCUT2D eigenvalue weighted by Crippen LogP contribution is -2.34. The summed E-state index contributed by atoms with van der Waals surface area (Å²) in [6.45, 7) is 2.01. The van der Waals surface area contributed by atoms with Gasteiger partial charge in [-0.3, -0.25) is 14.6 Å². The van der Waals surface area contributed by atoms with Crippen molar-refractivity contribution in [3.8, 4) is 0 Å². The van der Waals surface area contributed by atoms with Crippen molar-refractivity contribution in [3.05, 3.63) is 57.8 Å². The van der Waals surface area contributed by atoms with Crippen LogP contribution in [0.15, 0.2) is 36.7 Å². The quantitative estimate of drug-likeness (QED) is 0.749. The number of hydrogen-bond donors (Lipinski definition) is 2. The number of carbonyl (C=O) groups is 2. The molecule has 2 aromatic rings. The van der Waals surface area contributed by atoms with Gasteiger partial charge in [-0.25, -0.2) is 0 Å². The molecule has 0 aliphatic rings. The molecule has 1 aromatic carbocycles. The second-order valence-electron chi connectivity index (χ2n) is 5.19. The first-order valence-corrected chi connectivity index (χ1v) is 8.29. The third-order valence-corrected chi connectivity index (χ3v) is 3.91. The van der Waals surface area contributed by atoms with Gasteiger partial charge in [0.1, 0.15) is 6.04 Å². The maximum absolute atomic E-state index is 12.3. The number of esters is 1. The van der Waals surface area contributed by atoms with Crippen LogP contribution < -0.4 is 11.1 Å². The molecule has 132 valence electrons. The van der Waals surface area contributed by atoms with Crippen LogP contribution in [0.5, 0.6) is 0 Å². The van der Waals surface area contributed by atoms with Gasteiger partial charge in [0, 0.05) is 18.1 Å². The van der Waals surface area contributed by atoms with Crippen molar-refractivity contribution in [1.82, 2.24) is 4.98 Å². The van der Waals surface area contributed by atoms with E-state index in [1.165, 1.54) is 12.4 Å². The van der Waals surface area contributed by atoms with Crippen LogP contribution in [-0.4, -0.2) is 29.5 Å². The van der Waals surface area contributed by atoms with Crippen molar-refractivity contribution in [2.45, 2.75) is 19.4 Å². The Kier molecular flexibility index (Phi) is 6.75. The van der Waals surface area contributed by atoms with Crippen molar-refractivity contribution in [2.75, 3.05) is 11.9 Å². The zero-order valence-electron chi connectivity index (χ0n) is 13.5. The van der Waals surface area contributed by atoms with Gasteiger partial charge in [0.15, 0.2) is 0 Å². The Morgan fingerprint density at radius 3 is 2.36 bits per heavy atom. The largest absolute Gasteiger partial charge is 0.465 e. The number of pyridine rings is 1. The van der Waals surface area contributed by atoms with Crippen molar-refractivity contribution in [3.63, 3.8) is 0 Å². The Labute approximate surface area is 155 Å². The number of nitrogens with one attached hydrogen (secondary N) is 1.